The molecule has 6 aromatic carbocycles. The summed E-state index contributed by atoms with van der Waals surface area (Å²) in [6.07, 6.45) is -24.1. The molecule has 7 nitrogen and oxygen atoms in total. The molecule has 21 heteroatoms. The highest BCUT2D eigenvalue weighted by molar-refractivity contribution is 6.31. The van der Waals surface area contributed by atoms with E-state index in [1.807, 2.05) is 6.07 Å². The van der Waals surface area contributed by atoms with Gasteiger partial charge in [-0.3, -0.25) is 0 Å². The van der Waals surface area contributed by atoms with Crippen molar-refractivity contribution in [2.24, 2.45) is 0 Å². The SMILES string of the molecule is CCC(C)(Oc1ccc(C(c2ccc(Oc3cccc(C(CC)(CC)C(C)Oc4ccc(C(c5ccc(Oc6cccc(C(C)(C)Cl)n6)cc5)(C(F)(F)F)C(F)(F)F)cc4)c3C#N)cc2)(C(F)(F)F)C(F)(F)F)cc1)c1cccc(Cl)c1C#N. The van der Waals surface area contributed by atoms with E-state index in [2.05, 4.69) is 11.1 Å². The second-order valence-corrected chi connectivity index (χ2v) is 21.9. The monoisotopic (exact) mass is 1210 g/mol. The Bertz CT molecular complexity index is 3500. The van der Waals surface area contributed by atoms with Gasteiger partial charge in [-0.2, -0.15) is 63.2 Å². The zero-order valence-electron chi connectivity index (χ0n) is 45.9. The highest BCUT2D eigenvalue weighted by atomic mass is 35.5. The number of ether oxygens (including phenoxy) is 4. The summed E-state index contributed by atoms with van der Waals surface area (Å²) in [5, 5.41) is 20.6. The third kappa shape index (κ3) is 11.8. The molecule has 0 saturated heterocycles. The molecule has 0 N–H and O–H groups in total. The van der Waals surface area contributed by atoms with E-state index in [1.54, 1.807) is 78.8 Å². The standard InChI is InChI=1S/C63H53Cl2F12N3O4/c1-8-56(7,49-14-11-16-51(64)47(49)36-78)84-46-34-26-42(27-35-46)59(62(72,73)74,63(75,76)77)40-22-30-44(31-23-40)82-52-17-12-15-50(48(52)37-79)57(9-2,10-3)38(4)81-43-28-20-39(21-29-43)58(60(66,67)68,61(69,70)71)41-24-32-45(33-25-41)83-54-19-13-18-53(80-54)55(5,6)65/h11-35,38H,8-10H2,1-7H3. The third-order valence-corrected chi connectivity index (χ3v) is 15.9. The number of rotatable bonds is 19. The number of pyridine rings is 1. The van der Waals surface area contributed by atoms with Crippen LogP contribution in [0, 0.1) is 22.7 Å². The summed E-state index contributed by atoms with van der Waals surface area (Å²) in [5.74, 6) is -0.772. The summed E-state index contributed by atoms with van der Waals surface area (Å²) in [7, 11) is 0. The Morgan fingerprint density at radius 3 is 1.31 bits per heavy atom. The molecular formula is C63H53Cl2F12N3O4. The van der Waals surface area contributed by atoms with Crippen LogP contribution >= 0.6 is 23.2 Å². The molecule has 84 heavy (non-hydrogen) atoms. The molecule has 1 aromatic heterocycles. The molecular weight excluding hydrogens is 1160 g/mol. The van der Waals surface area contributed by atoms with Crippen LogP contribution in [0.25, 0.3) is 0 Å². The molecule has 1 heterocycles. The fourth-order valence-electron chi connectivity index (χ4n) is 10.7. The highest BCUT2D eigenvalue weighted by Crippen LogP contribution is 2.58. The van der Waals surface area contributed by atoms with Gasteiger partial charge in [-0.1, -0.05) is 111 Å². The number of halogens is 14. The van der Waals surface area contributed by atoms with E-state index >= 15 is 52.7 Å². The van der Waals surface area contributed by atoms with Crippen LogP contribution in [0.3, 0.4) is 0 Å². The number of nitrogens with zero attached hydrogens (tertiary/aromatic N) is 3. The van der Waals surface area contributed by atoms with E-state index in [4.69, 9.17) is 42.1 Å². The number of nitriles is 2. The van der Waals surface area contributed by atoms with Crippen molar-refractivity contribution >= 4 is 23.2 Å². The van der Waals surface area contributed by atoms with E-state index in [-0.39, 0.29) is 70.0 Å². The van der Waals surface area contributed by atoms with Gasteiger partial charge >= 0.3 is 24.7 Å². The van der Waals surface area contributed by atoms with Gasteiger partial charge in [0.2, 0.25) is 16.7 Å². The number of benzene rings is 6. The van der Waals surface area contributed by atoms with Crippen LogP contribution in [0.15, 0.2) is 152 Å². The molecule has 0 saturated carbocycles. The van der Waals surface area contributed by atoms with E-state index < -0.39 is 79.8 Å². The van der Waals surface area contributed by atoms with Gasteiger partial charge in [0, 0.05) is 17.0 Å². The van der Waals surface area contributed by atoms with E-state index in [0.29, 0.717) is 65.4 Å². The molecule has 0 amide bonds. The van der Waals surface area contributed by atoms with Gasteiger partial charge in [-0.05, 0) is 142 Å². The Morgan fingerprint density at radius 2 is 0.893 bits per heavy atom. The van der Waals surface area contributed by atoms with E-state index in [1.165, 1.54) is 24.3 Å². The summed E-state index contributed by atoms with van der Waals surface area (Å²) < 4.78 is 207. The smallest absolute Gasteiger partial charge is 0.411 e. The summed E-state index contributed by atoms with van der Waals surface area (Å²) in [6, 6.07) is 30.5. The molecule has 0 aliphatic rings. The van der Waals surface area contributed by atoms with Crippen molar-refractivity contribution < 1.29 is 71.6 Å². The first-order valence-corrected chi connectivity index (χ1v) is 26.8. The van der Waals surface area contributed by atoms with Crippen molar-refractivity contribution in [1.82, 2.24) is 4.98 Å². The quantitative estimate of drug-likeness (QED) is 0.0588. The Labute approximate surface area is 487 Å². The van der Waals surface area contributed by atoms with Gasteiger partial charge in [0.15, 0.2) is 0 Å². The van der Waals surface area contributed by atoms with Crippen molar-refractivity contribution in [3.05, 3.63) is 207 Å². The number of hydrogen-bond donors (Lipinski definition) is 0. The van der Waals surface area contributed by atoms with Crippen LogP contribution < -0.4 is 18.9 Å². The predicted octanol–water partition coefficient (Wildman–Crippen LogP) is 19.6. The normalized spacial score (nSPS) is 13.9. The van der Waals surface area contributed by atoms with Crippen LogP contribution in [0.4, 0.5) is 52.7 Å². The largest absolute Gasteiger partial charge is 0.490 e. The van der Waals surface area contributed by atoms with Crippen molar-refractivity contribution in [3.8, 4) is 46.8 Å². The second kappa shape index (κ2) is 23.8. The highest BCUT2D eigenvalue weighted by Gasteiger charge is 2.73. The van der Waals surface area contributed by atoms with Gasteiger partial charge in [0.25, 0.3) is 0 Å². The molecule has 7 rings (SSSR count). The lowest BCUT2D eigenvalue weighted by Gasteiger charge is -2.39. The van der Waals surface area contributed by atoms with Gasteiger partial charge in [-0.25, -0.2) is 4.98 Å². The van der Waals surface area contributed by atoms with Gasteiger partial charge in [-0.15, -0.1) is 11.6 Å². The Hall–Kier alpha value is -7.61. The van der Waals surface area contributed by atoms with Crippen LogP contribution in [-0.4, -0.2) is 35.8 Å². The Morgan fingerprint density at radius 1 is 0.488 bits per heavy atom. The van der Waals surface area contributed by atoms with Crippen LogP contribution in [0.5, 0.6) is 34.6 Å². The number of aromatic nitrogens is 1. The molecule has 0 radical (unpaired) electrons. The summed E-state index contributed by atoms with van der Waals surface area (Å²) in [4.78, 5) is 3.36. The number of hydrogen-bond acceptors (Lipinski definition) is 7. The maximum absolute atomic E-state index is 15.3. The average molecular weight is 1220 g/mol. The average Bonchev–Trinajstić information content (AvgIpc) is 0.977. The van der Waals surface area contributed by atoms with E-state index in [9.17, 15) is 10.5 Å². The second-order valence-electron chi connectivity index (χ2n) is 20.5. The molecule has 0 spiro atoms. The molecule has 2 atom stereocenters. The molecule has 7 aromatic rings. The minimum atomic E-state index is -5.97. The third-order valence-electron chi connectivity index (χ3n) is 15.4. The molecule has 0 bridgehead atoms. The summed E-state index contributed by atoms with van der Waals surface area (Å²) in [6.45, 7) is 11.7. The van der Waals surface area contributed by atoms with Crippen molar-refractivity contribution in [2.45, 2.75) is 125 Å². The summed E-state index contributed by atoms with van der Waals surface area (Å²) in [5.41, 5.74) is -15.3. The lowest BCUT2D eigenvalue weighted by Crippen LogP contribution is -2.54. The number of alkyl halides is 13. The minimum absolute atomic E-state index is 0.00649. The summed E-state index contributed by atoms with van der Waals surface area (Å²) >= 11 is 12.6. The molecule has 0 aliphatic carbocycles. The lowest BCUT2D eigenvalue weighted by atomic mass is 9.70. The van der Waals surface area contributed by atoms with Crippen molar-refractivity contribution in [1.29, 1.82) is 10.5 Å². The van der Waals surface area contributed by atoms with Crippen LogP contribution in [-0.2, 0) is 26.7 Å². The maximum atomic E-state index is 15.3. The Balaban J connectivity index is 1.16. The van der Waals surface area contributed by atoms with Crippen molar-refractivity contribution in [2.75, 3.05) is 0 Å². The fourth-order valence-corrected chi connectivity index (χ4v) is 11.0. The zero-order valence-corrected chi connectivity index (χ0v) is 47.4. The van der Waals surface area contributed by atoms with Gasteiger partial charge < -0.3 is 18.9 Å². The molecule has 2 unspecified atom stereocenters. The maximum Gasteiger partial charge on any atom is 0.411 e. The van der Waals surface area contributed by atoms with E-state index in [0.717, 1.165) is 48.5 Å². The molecule has 0 fully saturated rings. The topological polar surface area (TPSA) is 97.4 Å². The van der Waals surface area contributed by atoms with Gasteiger partial charge in [0.1, 0.15) is 52.6 Å². The van der Waals surface area contributed by atoms with Crippen LogP contribution in [0.1, 0.15) is 118 Å². The fraction of sp³-hybridized carbons (Fsp3) is 0.317. The molecule has 0 aliphatic heterocycles. The van der Waals surface area contributed by atoms with Gasteiger partial charge in [0.05, 0.1) is 26.7 Å². The zero-order chi connectivity index (χ0) is 62.1. The van der Waals surface area contributed by atoms with Crippen LogP contribution in [0.2, 0.25) is 5.02 Å². The Kier molecular flexibility index (Phi) is 18.1. The first-order chi connectivity index (χ1) is 39.2. The first-order valence-electron chi connectivity index (χ1n) is 26.0. The molecule has 442 valence electrons. The minimum Gasteiger partial charge on any atom is -0.490 e. The van der Waals surface area contributed by atoms with Crippen molar-refractivity contribution in [3.63, 3.8) is 0 Å². The lowest BCUT2D eigenvalue weighted by molar-refractivity contribution is -0.290. The predicted molar refractivity (Wildman–Crippen MR) is 293 cm³/mol. The first kappa shape index (κ1) is 64.0.